The zero-order valence-corrected chi connectivity index (χ0v) is 9.53. The normalized spacial score (nSPS) is 9.80. The van der Waals surface area contributed by atoms with E-state index in [4.69, 9.17) is 0 Å². The highest BCUT2D eigenvalue weighted by molar-refractivity contribution is 6.35. The summed E-state index contributed by atoms with van der Waals surface area (Å²) in [6, 6.07) is 0. The highest BCUT2D eigenvalue weighted by Crippen LogP contribution is 2.05. The monoisotopic (exact) mass is 179 g/mol. The molecule has 0 amide bonds. The van der Waals surface area contributed by atoms with Gasteiger partial charge >= 0.3 is 0 Å². The third kappa shape index (κ3) is 11.6. The predicted molar refractivity (Wildman–Crippen MR) is 54.4 cm³/mol. The molecule has 0 N–H and O–H groups in total. The van der Waals surface area contributed by atoms with E-state index >= 15 is 0 Å². The molecule has 0 aromatic heterocycles. The smallest absolute Gasteiger partial charge is 0.147 e. The maximum atomic E-state index is 2.31. The standard InChI is InChI=1S/2C4H9.Al.ClH.H2/c2*1-4(2)3;;;/h2*4H,1H2,2-3H3;;2*1H. The molecule has 0 fully saturated rings. The zero-order valence-electron chi connectivity index (χ0n) is 7.55. The topological polar surface area (TPSA) is 0 Å². The van der Waals surface area contributed by atoms with Crippen LogP contribution in [0.15, 0.2) is 0 Å². The van der Waals surface area contributed by atoms with E-state index in [0.29, 0.717) is 0 Å². The van der Waals surface area contributed by atoms with Crippen LogP contribution in [0.3, 0.4) is 0 Å². The van der Waals surface area contributed by atoms with Crippen molar-refractivity contribution in [3.63, 3.8) is 0 Å². The molecule has 0 bridgehead atoms. The van der Waals surface area contributed by atoms with Crippen molar-refractivity contribution in [1.29, 1.82) is 0 Å². The minimum absolute atomic E-state index is 0. The van der Waals surface area contributed by atoms with Crippen LogP contribution in [0.4, 0.5) is 0 Å². The van der Waals surface area contributed by atoms with Crippen LogP contribution >= 0.6 is 12.4 Å². The maximum absolute atomic E-state index is 2.31. The van der Waals surface area contributed by atoms with Gasteiger partial charge in [-0.05, 0) is 0 Å². The van der Waals surface area contributed by atoms with Crippen molar-refractivity contribution in [2.75, 3.05) is 0 Å². The molecule has 63 valence electrons. The third-order valence-corrected chi connectivity index (χ3v) is 3.83. The molecule has 2 heteroatoms. The Morgan fingerprint density at radius 2 is 1.30 bits per heavy atom. The van der Waals surface area contributed by atoms with Crippen molar-refractivity contribution in [3.8, 4) is 0 Å². The van der Waals surface area contributed by atoms with Gasteiger partial charge in [0.2, 0.25) is 15.2 Å². The Hall–Kier alpha value is 0.822. The van der Waals surface area contributed by atoms with E-state index in [1.807, 2.05) is 0 Å². The second-order valence-corrected chi connectivity index (χ2v) is 5.07. The van der Waals surface area contributed by atoms with Crippen LogP contribution in [-0.4, -0.2) is 15.2 Å². The van der Waals surface area contributed by atoms with E-state index in [1.54, 1.807) is 0 Å². The van der Waals surface area contributed by atoms with E-state index < -0.39 is 0 Å². The Morgan fingerprint density at radius 3 is 1.50 bits per heavy atom. The molecular weight excluding hydrogens is 159 g/mol. The van der Waals surface area contributed by atoms with Crippen LogP contribution in [0.2, 0.25) is 10.6 Å². The van der Waals surface area contributed by atoms with E-state index in [1.165, 1.54) is 10.6 Å². The molecule has 0 unspecified atom stereocenters. The fourth-order valence-electron chi connectivity index (χ4n) is 0.763. The van der Waals surface area contributed by atoms with Crippen molar-refractivity contribution >= 4 is 27.6 Å². The van der Waals surface area contributed by atoms with Gasteiger partial charge in [-0.1, -0.05) is 39.5 Å². The summed E-state index contributed by atoms with van der Waals surface area (Å²) in [6.45, 7) is 9.25. The molecule has 0 aliphatic carbocycles. The van der Waals surface area contributed by atoms with Crippen LogP contribution in [0.5, 0.6) is 0 Å². The van der Waals surface area contributed by atoms with E-state index in [0.717, 1.165) is 27.1 Å². The van der Waals surface area contributed by atoms with Crippen molar-refractivity contribution in [2.45, 2.75) is 38.3 Å². The average Bonchev–Trinajstić information content (AvgIpc) is 1.63. The molecule has 1 radical (unpaired) electrons. The van der Waals surface area contributed by atoms with Crippen molar-refractivity contribution in [3.05, 3.63) is 0 Å². The molecule has 10 heavy (non-hydrogen) atoms. The first kappa shape index (κ1) is 13.4. The van der Waals surface area contributed by atoms with Gasteiger partial charge in [0, 0.05) is 1.43 Å². The number of halogens is 1. The van der Waals surface area contributed by atoms with Gasteiger partial charge in [-0.15, -0.1) is 23.0 Å². The quantitative estimate of drug-likeness (QED) is 0.580. The minimum Gasteiger partial charge on any atom is -0.147 e. The van der Waals surface area contributed by atoms with E-state index in [-0.39, 0.29) is 13.8 Å². The van der Waals surface area contributed by atoms with Gasteiger partial charge in [-0.25, -0.2) is 0 Å². The van der Waals surface area contributed by atoms with E-state index in [2.05, 4.69) is 27.7 Å². The molecule has 0 heterocycles. The lowest BCUT2D eigenvalue weighted by Crippen LogP contribution is -1.99. The largest absolute Gasteiger partial charge is 0.200 e. The lowest BCUT2D eigenvalue weighted by molar-refractivity contribution is 0.700. The first-order chi connectivity index (χ1) is 4.13. The van der Waals surface area contributed by atoms with Gasteiger partial charge in [-0.3, -0.25) is 0 Å². The molecule has 0 aliphatic rings. The van der Waals surface area contributed by atoms with Gasteiger partial charge < -0.3 is 0 Å². The Kier molecular flexibility index (Phi) is 10.6. The van der Waals surface area contributed by atoms with Crippen LogP contribution in [-0.2, 0) is 0 Å². The summed E-state index contributed by atoms with van der Waals surface area (Å²) in [5, 5.41) is 2.97. The van der Waals surface area contributed by atoms with Crippen LogP contribution < -0.4 is 0 Å². The molecule has 0 saturated carbocycles. The van der Waals surface area contributed by atoms with Crippen LogP contribution in [0, 0.1) is 11.8 Å². The summed E-state index contributed by atoms with van der Waals surface area (Å²) in [4.78, 5) is 0. The Labute approximate surface area is 79.4 Å². The van der Waals surface area contributed by atoms with E-state index in [9.17, 15) is 0 Å². The summed E-state index contributed by atoms with van der Waals surface area (Å²) in [5.41, 5.74) is 0. The fraction of sp³-hybridized carbons (Fsp3) is 1.00. The first-order valence-corrected chi connectivity index (χ1v) is 5.58. The lowest BCUT2D eigenvalue weighted by Gasteiger charge is -2.03. The first-order valence-electron chi connectivity index (χ1n) is 3.94. The number of rotatable bonds is 4. The SMILES string of the molecule is CC(C)[CH2][Al][CH2]C(C)C.Cl.[HH]. The second kappa shape index (κ2) is 7.92. The predicted octanol–water partition coefficient (Wildman–Crippen LogP) is 3.51. The average molecular weight is 180 g/mol. The molecule has 0 spiro atoms. The summed E-state index contributed by atoms with van der Waals surface area (Å²) in [7, 11) is 0. The zero-order chi connectivity index (χ0) is 7.28. The second-order valence-electron chi connectivity index (χ2n) is 3.55. The minimum atomic E-state index is 0. The Balaban J connectivity index is -0.000000320. The Bertz CT molecular complexity index is 59.1. The fourth-order valence-corrected chi connectivity index (χ4v) is 2.29. The molecule has 0 aromatic rings. The van der Waals surface area contributed by atoms with Crippen molar-refractivity contribution < 1.29 is 1.43 Å². The lowest BCUT2D eigenvalue weighted by atomic mass is 10.3. The summed E-state index contributed by atoms with van der Waals surface area (Å²) < 4.78 is 0. The summed E-state index contributed by atoms with van der Waals surface area (Å²) >= 11 is 0.755. The summed E-state index contributed by atoms with van der Waals surface area (Å²) in [6.07, 6.45) is 0. The maximum Gasteiger partial charge on any atom is 0.200 e. The van der Waals surface area contributed by atoms with Gasteiger partial charge in [0.05, 0.1) is 0 Å². The van der Waals surface area contributed by atoms with Gasteiger partial charge in [0.1, 0.15) is 0 Å². The highest BCUT2D eigenvalue weighted by atomic mass is 35.5. The van der Waals surface area contributed by atoms with Gasteiger partial charge in [-0.2, -0.15) is 0 Å². The molecule has 0 nitrogen and oxygen atoms in total. The summed E-state index contributed by atoms with van der Waals surface area (Å²) in [5.74, 6) is 1.86. The molecule has 0 rings (SSSR count). The highest BCUT2D eigenvalue weighted by Gasteiger charge is 1.98. The van der Waals surface area contributed by atoms with Crippen LogP contribution in [0.25, 0.3) is 0 Å². The van der Waals surface area contributed by atoms with Crippen LogP contribution in [0.1, 0.15) is 29.1 Å². The Morgan fingerprint density at radius 1 is 1.00 bits per heavy atom. The molecule has 0 atom stereocenters. The number of hydrogen-bond donors (Lipinski definition) is 0. The molecular formula is C8H21AlCl. The van der Waals surface area contributed by atoms with Gasteiger partial charge in [0.15, 0.2) is 0 Å². The third-order valence-electron chi connectivity index (χ3n) is 1.28. The van der Waals surface area contributed by atoms with Gasteiger partial charge in [0.25, 0.3) is 0 Å². The molecule has 0 aromatic carbocycles. The molecule has 0 aliphatic heterocycles. The van der Waals surface area contributed by atoms with Crippen molar-refractivity contribution in [1.82, 2.24) is 0 Å². The number of hydrogen-bond acceptors (Lipinski definition) is 0. The molecule has 0 saturated heterocycles. The van der Waals surface area contributed by atoms with Crippen molar-refractivity contribution in [2.24, 2.45) is 11.8 Å².